The summed E-state index contributed by atoms with van der Waals surface area (Å²) in [6.07, 6.45) is -2.16. The maximum absolute atomic E-state index is 12.0. The number of fused-ring (bicyclic) bond motifs is 3. The first kappa shape index (κ1) is 19.0. The Bertz CT molecular complexity index is 521. The molecule has 0 unspecified atom stereocenters. The number of ether oxygens (including phenoxy) is 6. The fraction of sp³-hybridized carbons (Fsp3) is 0.941. The first-order valence-corrected chi connectivity index (χ1v) is 8.80. The van der Waals surface area contributed by atoms with Gasteiger partial charge in [-0.3, -0.25) is 4.79 Å². The number of hydrogen-bond donors (Lipinski definition) is 1. The van der Waals surface area contributed by atoms with Crippen molar-refractivity contribution >= 4 is 5.97 Å². The van der Waals surface area contributed by atoms with E-state index in [-0.39, 0.29) is 18.6 Å². The van der Waals surface area contributed by atoms with Crippen molar-refractivity contribution in [2.45, 2.75) is 102 Å². The van der Waals surface area contributed by atoms with Crippen molar-refractivity contribution < 1.29 is 33.2 Å². The summed E-state index contributed by atoms with van der Waals surface area (Å²) >= 11 is 0. The lowest BCUT2D eigenvalue weighted by Crippen LogP contribution is -2.56. The third-order valence-electron chi connectivity index (χ3n) is 4.39. The summed E-state index contributed by atoms with van der Waals surface area (Å²) in [7, 11) is 0. The molecule has 3 aliphatic heterocycles. The lowest BCUT2D eigenvalue weighted by molar-refractivity contribution is -0.236. The molecule has 0 aromatic heterocycles. The summed E-state index contributed by atoms with van der Waals surface area (Å²) in [5.41, 5.74) is 6.01. The second-order valence-corrected chi connectivity index (χ2v) is 8.04. The fourth-order valence-corrected chi connectivity index (χ4v) is 3.55. The smallest absolute Gasteiger partial charge is 0.323 e. The molecule has 3 fully saturated rings. The van der Waals surface area contributed by atoms with Crippen LogP contribution in [0.2, 0.25) is 0 Å². The van der Waals surface area contributed by atoms with Crippen LogP contribution >= 0.6 is 0 Å². The standard InChI is InChI=1S/C17H29NO7/c1-8(2)20-14(19)9(18)7-10-11-12(23-16(3,4)22-11)13-15(21-10)25-17(5,6)24-13/h8-13,15H,7,18H2,1-6H3/t9-,10-,11+,12+,13-,15-/m1/s1. The highest BCUT2D eigenvalue weighted by Crippen LogP contribution is 2.44. The number of rotatable bonds is 4. The monoisotopic (exact) mass is 359 g/mol. The van der Waals surface area contributed by atoms with E-state index in [0.29, 0.717) is 0 Å². The molecule has 6 atom stereocenters. The Morgan fingerprint density at radius 2 is 1.56 bits per heavy atom. The van der Waals surface area contributed by atoms with Gasteiger partial charge in [-0.25, -0.2) is 0 Å². The Hall–Kier alpha value is -0.770. The molecule has 0 bridgehead atoms. The van der Waals surface area contributed by atoms with Gasteiger partial charge in [0.05, 0.1) is 12.2 Å². The molecule has 25 heavy (non-hydrogen) atoms. The van der Waals surface area contributed by atoms with E-state index in [1.54, 1.807) is 13.8 Å². The molecular formula is C17H29NO7. The molecule has 3 saturated heterocycles. The molecule has 3 heterocycles. The molecule has 0 aliphatic carbocycles. The van der Waals surface area contributed by atoms with E-state index >= 15 is 0 Å². The molecule has 0 aromatic carbocycles. The average Bonchev–Trinajstić information content (AvgIpc) is 2.92. The highest BCUT2D eigenvalue weighted by Gasteiger charge is 2.60. The Kier molecular flexibility index (Phi) is 4.89. The third kappa shape index (κ3) is 3.99. The van der Waals surface area contributed by atoms with Crippen molar-refractivity contribution in [1.29, 1.82) is 0 Å². The van der Waals surface area contributed by atoms with Crippen LogP contribution in [-0.4, -0.2) is 60.4 Å². The minimum atomic E-state index is -0.813. The highest BCUT2D eigenvalue weighted by atomic mass is 16.9. The zero-order chi connectivity index (χ0) is 18.6. The van der Waals surface area contributed by atoms with Gasteiger partial charge in [-0.15, -0.1) is 0 Å². The predicted octanol–water partition coefficient (Wildman–Crippen LogP) is 1.05. The summed E-state index contributed by atoms with van der Waals surface area (Å²) in [4.78, 5) is 12.0. The maximum atomic E-state index is 12.0. The molecule has 0 saturated carbocycles. The molecule has 8 heteroatoms. The van der Waals surface area contributed by atoms with Gasteiger partial charge < -0.3 is 34.2 Å². The van der Waals surface area contributed by atoms with E-state index in [1.165, 1.54) is 0 Å². The summed E-state index contributed by atoms with van der Waals surface area (Å²) in [5.74, 6) is -2.01. The molecule has 0 radical (unpaired) electrons. The molecule has 0 aromatic rings. The van der Waals surface area contributed by atoms with Gasteiger partial charge in [-0.2, -0.15) is 0 Å². The van der Waals surface area contributed by atoms with Gasteiger partial charge >= 0.3 is 5.97 Å². The second kappa shape index (κ2) is 6.44. The molecule has 2 N–H and O–H groups in total. The number of carbonyl (C=O) groups excluding carboxylic acids is 1. The lowest BCUT2D eigenvalue weighted by Gasteiger charge is -2.38. The summed E-state index contributed by atoms with van der Waals surface area (Å²) in [5, 5.41) is 0. The van der Waals surface area contributed by atoms with Crippen molar-refractivity contribution in [2.24, 2.45) is 5.73 Å². The van der Waals surface area contributed by atoms with Crippen molar-refractivity contribution in [3.05, 3.63) is 0 Å². The largest absolute Gasteiger partial charge is 0.462 e. The van der Waals surface area contributed by atoms with E-state index in [0.717, 1.165) is 0 Å². The van der Waals surface area contributed by atoms with Gasteiger partial charge in [0, 0.05) is 6.42 Å². The summed E-state index contributed by atoms with van der Waals surface area (Å²) in [6.45, 7) is 10.9. The number of carbonyl (C=O) groups is 1. The van der Waals surface area contributed by atoms with Crippen molar-refractivity contribution in [1.82, 2.24) is 0 Å². The molecular weight excluding hydrogens is 330 g/mol. The minimum Gasteiger partial charge on any atom is -0.462 e. The van der Waals surface area contributed by atoms with Crippen molar-refractivity contribution in [3.63, 3.8) is 0 Å². The topological polar surface area (TPSA) is 98.5 Å². The van der Waals surface area contributed by atoms with Crippen LogP contribution in [0, 0.1) is 0 Å². The Morgan fingerprint density at radius 1 is 1.00 bits per heavy atom. The van der Waals surface area contributed by atoms with Gasteiger partial charge in [0.1, 0.15) is 24.4 Å². The summed E-state index contributed by atoms with van der Waals surface area (Å²) in [6, 6.07) is -0.813. The number of esters is 1. The quantitative estimate of drug-likeness (QED) is 0.744. The van der Waals surface area contributed by atoms with Crippen molar-refractivity contribution in [3.8, 4) is 0 Å². The van der Waals surface area contributed by atoms with Gasteiger partial charge in [0.25, 0.3) is 0 Å². The van der Waals surface area contributed by atoms with Crippen LogP contribution < -0.4 is 5.73 Å². The van der Waals surface area contributed by atoms with Gasteiger partial charge in [-0.05, 0) is 41.5 Å². The maximum Gasteiger partial charge on any atom is 0.323 e. The lowest BCUT2D eigenvalue weighted by atomic mass is 9.94. The van der Waals surface area contributed by atoms with Gasteiger partial charge in [-0.1, -0.05) is 0 Å². The van der Waals surface area contributed by atoms with E-state index in [1.807, 2.05) is 27.7 Å². The minimum absolute atomic E-state index is 0.222. The van der Waals surface area contributed by atoms with E-state index in [9.17, 15) is 4.79 Å². The van der Waals surface area contributed by atoms with Gasteiger partial charge in [0.2, 0.25) is 0 Å². The van der Waals surface area contributed by atoms with Crippen LogP contribution in [0.3, 0.4) is 0 Å². The second-order valence-electron chi connectivity index (χ2n) is 8.04. The molecule has 3 aliphatic rings. The Morgan fingerprint density at radius 3 is 2.20 bits per heavy atom. The Labute approximate surface area is 148 Å². The first-order valence-electron chi connectivity index (χ1n) is 8.80. The van der Waals surface area contributed by atoms with Gasteiger partial charge in [0.15, 0.2) is 17.9 Å². The van der Waals surface area contributed by atoms with Crippen LogP contribution in [-0.2, 0) is 33.2 Å². The molecule has 144 valence electrons. The van der Waals surface area contributed by atoms with Crippen LogP contribution in [0.1, 0.15) is 48.0 Å². The van der Waals surface area contributed by atoms with E-state index in [4.69, 9.17) is 34.2 Å². The Balaban J connectivity index is 1.74. The SMILES string of the molecule is CC(C)OC(=O)[C@H](N)C[C@H]1O[C@@H]2OC(C)(C)O[C@@H]2[C@H]2OC(C)(C)O[C@H]21. The van der Waals surface area contributed by atoms with E-state index in [2.05, 4.69) is 0 Å². The molecule has 8 nitrogen and oxygen atoms in total. The summed E-state index contributed by atoms with van der Waals surface area (Å²) < 4.78 is 35.0. The van der Waals surface area contributed by atoms with E-state index < -0.39 is 48.2 Å². The van der Waals surface area contributed by atoms with Crippen LogP contribution in [0.15, 0.2) is 0 Å². The van der Waals surface area contributed by atoms with Crippen LogP contribution in [0.25, 0.3) is 0 Å². The molecule has 3 rings (SSSR count). The fourth-order valence-electron chi connectivity index (χ4n) is 3.55. The third-order valence-corrected chi connectivity index (χ3v) is 4.39. The zero-order valence-electron chi connectivity index (χ0n) is 15.7. The molecule has 0 spiro atoms. The number of nitrogens with two attached hydrogens (primary N) is 1. The first-order chi connectivity index (χ1) is 11.5. The predicted molar refractivity (Wildman–Crippen MR) is 86.3 cm³/mol. The molecule has 0 amide bonds. The highest BCUT2D eigenvalue weighted by molar-refractivity contribution is 5.75. The normalized spacial score (nSPS) is 39.8. The number of hydrogen-bond acceptors (Lipinski definition) is 8. The zero-order valence-corrected chi connectivity index (χ0v) is 15.7. The average molecular weight is 359 g/mol. The van der Waals surface area contributed by atoms with Crippen molar-refractivity contribution in [2.75, 3.05) is 0 Å². The van der Waals surface area contributed by atoms with Crippen LogP contribution in [0.5, 0.6) is 0 Å². The van der Waals surface area contributed by atoms with Crippen LogP contribution in [0.4, 0.5) is 0 Å².